The molecule has 1 aromatic carbocycles. The minimum absolute atomic E-state index is 0.0819. The lowest BCUT2D eigenvalue weighted by molar-refractivity contribution is -0.0441. The first-order chi connectivity index (χ1) is 9.59. The molecule has 0 bridgehead atoms. The molecule has 0 aromatic heterocycles. The van der Waals surface area contributed by atoms with Crippen LogP contribution in [0.3, 0.4) is 0 Å². The summed E-state index contributed by atoms with van der Waals surface area (Å²) in [5.41, 5.74) is -12.7. The van der Waals surface area contributed by atoms with Crippen LogP contribution in [0.5, 0.6) is 5.75 Å². The number of phenols is 1. The number of sulfonamides is 1. The number of alkyl halides is 6. The second-order valence-corrected chi connectivity index (χ2v) is 7.27. The van der Waals surface area contributed by atoms with Gasteiger partial charge in [-0.2, -0.15) is 34.8 Å². The fraction of sp³-hybridized carbons (Fsp3) is 0.250. The van der Waals surface area contributed by atoms with Gasteiger partial charge in [-0.15, -0.1) is 0 Å². The van der Waals surface area contributed by atoms with Crippen LogP contribution in [0.1, 0.15) is 0 Å². The molecule has 126 valence electrons. The Hall–Kier alpha value is -1.70. The van der Waals surface area contributed by atoms with Gasteiger partial charge in [-0.1, -0.05) is 0 Å². The molecule has 0 aliphatic heterocycles. The van der Waals surface area contributed by atoms with E-state index in [-0.39, 0.29) is 6.07 Å². The van der Waals surface area contributed by atoms with Gasteiger partial charge in [0.25, 0.3) is 9.84 Å². The van der Waals surface area contributed by atoms with Crippen molar-refractivity contribution in [3.05, 3.63) is 18.2 Å². The van der Waals surface area contributed by atoms with E-state index < -0.39 is 47.2 Å². The predicted molar refractivity (Wildman–Crippen MR) is 59.9 cm³/mol. The average Bonchev–Trinajstić information content (AvgIpc) is 2.28. The number of anilines is 1. The number of sulfone groups is 1. The van der Waals surface area contributed by atoms with Gasteiger partial charge in [-0.25, -0.2) is 8.42 Å². The molecule has 14 heteroatoms. The fourth-order valence-corrected chi connectivity index (χ4v) is 2.56. The summed E-state index contributed by atoms with van der Waals surface area (Å²) in [7, 11) is -12.1. The third-order valence-electron chi connectivity index (χ3n) is 2.11. The Kier molecular flexibility index (Phi) is 4.33. The highest BCUT2D eigenvalue weighted by atomic mass is 32.2. The van der Waals surface area contributed by atoms with Crippen molar-refractivity contribution in [2.75, 3.05) is 4.72 Å². The largest absolute Gasteiger partial charge is 0.516 e. The Bertz CT molecular complexity index is 780. The molecule has 6 nitrogen and oxygen atoms in total. The van der Waals surface area contributed by atoms with Crippen LogP contribution >= 0.6 is 0 Å². The van der Waals surface area contributed by atoms with Gasteiger partial charge in [-0.3, -0.25) is 4.72 Å². The van der Waals surface area contributed by atoms with Gasteiger partial charge in [0.1, 0.15) is 10.6 Å². The smallest absolute Gasteiger partial charge is 0.507 e. The minimum atomic E-state index is -6.09. The van der Waals surface area contributed by atoms with Crippen molar-refractivity contribution in [1.82, 2.24) is 0 Å². The van der Waals surface area contributed by atoms with Crippen LogP contribution in [-0.4, -0.2) is 33.0 Å². The minimum Gasteiger partial charge on any atom is -0.507 e. The van der Waals surface area contributed by atoms with E-state index in [1.807, 2.05) is 0 Å². The summed E-state index contributed by atoms with van der Waals surface area (Å²) < 4.78 is 118. The summed E-state index contributed by atoms with van der Waals surface area (Å²) in [6.07, 6.45) is 0. The molecule has 0 spiro atoms. The molecule has 0 unspecified atom stereocenters. The molecule has 0 aliphatic carbocycles. The molecule has 0 saturated carbocycles. The molecular formula is C8H5F6NO5S2. The molecule has 0 radical (unpaired) electrons. The van der Waals surface area contributed by atoms with Gasteiger partial charge in [0, 0.05) is 0 Å². The summed E-state index contributed by atoms with van der Waals surface area (Å²) in [5.74, 6) is -1.41. The van der Waals surface area contributed by atoms with Gasteiger partial charge in [0.2, 0.25) is 0 Å². The standard InChI is InChI=1S/C8H5F6NO5S2/c9-7(10,11)21(17,18)6-3-4(1-2-5(6)16)15-22(19,20)8(12,13)14/h1-3,15-16H. The third kappa shape index (κ3) is 3.37. The summed E-state index contributed by atoms with van der Waals surface area (Å²) >= 11 is 0. The van der Waals surface area contributed by atoms with E-state index in [9.17, 15) is 43.2 Å². The fourth-order valence-electron chi connectivity index (χ4n) is 1.13. The van der Waals surface area contributed by atoms with Crippen LogP contribution in [0.2, 0.25) is 0 Å². The van der Waals surface area contributed by atoms with Gasteiger partial charge >= 0.3 is 21.0 Å². The number of hydrogen-bond acceptors (Lipinski definition) is 5. The Balaban J connectivity index is 3.40. The van der Waals surface area contributed by atoms with E-state index in [0.717, 1.165) is 4.72 Å². The van der Waals surface area contributed by atoms with Crippen molar-refractivity contribution in [2.45, 2.75) is 15.9 Å². The molecule has 2 N–H and O–H groups in total. The lowest BCUT2D eigenvalue weighted by Gasteiger charge is -2.13. The first kappa shape index (κ1) is 18.3. The van der Waals surface area contributed by atoms with E-state index >= 15 is 0 Å². The molecule has 1 aromatic rings. The Morgan fingerprint density at radius 3 is 1.82 bits per heavy atom. The van der Waals surface area contributed by atoms with E-state index in [1.165, 1.54) is 0 Å². The lowest BCUT2D eigenvalue weighted by atomic mass is 10.3. The molecule has 0 heterocycles. The van der Waals surface area contributed by atoms with Crippen molar-refractivity contribution in [3.8, 4) is 5.75 Å². The van der Waals surface area contributed by atoms with Crippen molar-refractivity contribution >= 4 is 25.5 Å². The zero-order valence-corrected chi connectivity index (χ0v) is 11.5. The summed E-state index contributed by atoms with van der Waals surface area (Å²) in [6, 6.07) is 0.669. The molecule has 0 fully saturated rings. The summed E-state index contributed by atoms with van der Waals surface area (Å²) in [6.45, 7) is 0. The summed E-state index contributed by atoms with van der Waals surface area (Å²) in [5, 5.41) is 9.11. The normalized spacial score (nSPS) is 13.9. The van der Waals surface area contributed by atoms with Crippen molar-refractivity contribution < 1.29 is 48.3 Å². The second-order valence-electron chi connectivity index (χ2n) is 3.68. The third-order valence-corrected chi connectivity index (χ3v) is 4.74. The second kappa shape index (κ2) is 5.19. The van der Waals surface area contributed by atoms with E-state index in [2.05, 4.69) is 0 Å². The number of aromatic hydroxyl groups is 1. The summed E-state index contributed by atoms with van der Waals surface area (Å²) in [4.78, 5) is -1.79. The Labute approximate surface area is 119 Å². The molecule has 0 aliphatic rings. The van der Waals surface area contributed by atoms with Gasteiger partial charge < -0.3 is 5.11 Å². The lowest BCUT2D eigenvalue weighted by Crippen LogP contribution is -2.30. The number of nitrogens with one attached hydrogen (secondary N) is 1. The van der Waals surface area contributed by atoms with E-state index in [1.54, 1.807) is 0 Å². The average molecular weight is 373 g/mol. The molecule has 0 saturated heterocycles. The van der Waals surface area contributed by atoms with Crippen LogP contribution in [0.15, 0.2) is 23.1 Å². The van der Waals surface area contributed by atoms with Crippen molar-refractivity contribution in [3.63, 3.8) is 0 Å². The maximum atomic E-state index is 12.3. The van der Waals surface area contributed by atoms with Crippen LogP contribution < -0.4 is 4.72 Å². The number of rotatable bonds is 3. The number of halogens is 6. The first-order valence-electron chi connectivity index (χ1n) is 4.83. The number of phenolic OH excluding ortho intramolecular Hbond substituents is 1. The van der Waals surface area contributed by atoms with Gasteiger partial charge in [0.05, 0.1) is 5.69 Å². The molecular weight excluding hydrogens is 368 g/mol. The predicted octanol–water partition coefficient (Wildman–Crippen LogP) is 1.95. The highest BCUT2D eigenvalue weighted by molar-refractivity contribution is 7.93. The first-order valence-corrected chi connectivity index (χ1v) is 7.80. The van der Waals surface area contributed by atoms with Crippen molar-refractivity contribution in [1.29, 1.82) is 0 Å². The molecule has 1 rings (SSSR count). The highest BCUT2D eigenvalue weighted by Crippen LogP contribution is 2.37. The maximum Gasteiger partial charge on any atom is 0.516 e. The Morgan fingerprint density at radius 2 is 1.41 bits per heavy atom. The van der Waals surface area contributed by atoms with Crippen LogP contribution in [0.4, 0.5) is 32.0 Å². The number of hydrogen-bond donors (Lipinski definition) is 2. The quantitative estimate of drug-likeness (QED) is 0.623. The van der Waals surface area contributed by atoms with Crippen LogP contribution in [0, 0.1) is 0 Å². The van der Waals surface area contributed by atoms with Gasteiger partial charge in [-0.05, 0) is 18.2 Å². The molecule has 0 amide bonds. The monoisotopic (exact) mass is 373 g/mol. The molecule has 22 heavy (non-hydrogen) atoms. The van der Waals surface area contributed by atoms with Crippen LogP contribution in [0.25, 0.3) is 0 Å². The van der Waals surface area contributed by atoms with Crippen molar-refractivity contribution in [2.24, 2.45) is 0 Å². The van der Waals surface area contributed by atoms with E-state index in [0.29, 0.717) is 12.1 Å². The zero-order chi connectivity index (χ0) is 17.6. The van der Waals surface area contributed by atoms with E-state index in [4.69, 9.17) is 5.11 Å². The number of benzene rings is 1. The zero-order valence-electron chi connectivity index (χ0n) is 9.90. The SMILES string of the molecule is O=S(=O)(Nc1ccc(O)c(S(=O)(=O)C(F)(F)F)c1)C(F)(F)F. The van der Waals surface area contributed by atoms with Crippen LogP contribution in [-0.2, 0) is 19.9 Å². The maximum absolute atomic E-state index is 12.3. The van der Waals surface area contributed by atoms with Gasteiger partial charge in [0.15, 0.2) is 0 Å². The topological polar surface area (TPSA) is 101 Å². The Morgan fingerprint density at radius 1 is 0.909 bits per heavy atom. The molecule has 0 atom stereocenters. The highest BCUT2D eigenvalue weighted by Gasteiger charge is 2.49.